The van der Waals surface area contributed by atoms with Crippen LogP contribution in [0.2, 0.25) is 0 Å². The summed E-state index contributed by atoms with van der Waals surface area (Å²) in [5.41, 5.74) is 0.524. The van der Waals surface area contributed by atoms with Gasteiger partial charge in [0.2, 0.25) is 0 Å². The summed E-state index contributed by atoms with van der Waals surface area (Å²) in [6, 6.07) is 0. The summed E-state index contributed by atoms with van der Waals surface area (Å²) in [6.07, 6.45) is 8.76. The fourth-order valence-corrected chi connectivity index (χ4v) is 2.93. The zero-order chi connectivity index (χ0) is 15.1. The number of nitrogens with one attached hydrogen (secondary N) is 2. The molecular formula is C16H28N4O. The van der Waals surface area contributed by atoms with Crippen molar-refractivity contribution in [3.05, 3.63) is 11.9 Å². The van der Waals surface area contributed by atoms with Crippen molar-refractivity contribution in [1.29, 1.82) is 0 Å². The van der Waals surface area contributed by atoms with Crippen molar-refractivity contribution < 1.29 is 5.11 Å². The molecule has 21 heavy (non-hydrogen) atoms. The highest BCUT2D eigenvalue weighted by Crippen LogP contribution is 2.29. The Balaban J connectivity index is 2.04. The number of anilines is 2. The molecule has 0 unspecified atom stereocenters. The molecule has 0 atom stereocenters. The predicted octanol–water partition coefficient (Wildman–Crippen LogP) is 2.97. The van der Waals surface area contributed by atoms with Crippen LogP contribution in [-0.4, -0.2) is 33.8 Å². The summed E-state index contributed by atoms with van der Waals surface area (Å²) >= 11 is 0. The van der Waals surface area contributed by atoms with Crippen molar-refractivity contribution in [2.24, 2.45) is 0 Å². The van der Waals surface area contributed by atoms with Gasteiger partial charge in [0.15, 0.2) is 0 Å². The Morgan fingerprint density at radius 2 is 1.76 bits per heavy atom. The van der Waals surface area contributed by atoms with Crippen LogP contribution < -0.4 is 10.6 Å². The first-order chi connectivity index (χ1) is 10.2. The van der Waals surface area contributed by atoms with Gasteiger partial charge in [-0.3, -0.25) is 0 Å². The summed E-state index contributed by atoms with van der Waals surface area (Å²) in [5, 5.41) is 17.3. The SMILES string of the molecule is CCCNc1ncnc(NCC2(O)CCCCC2)c1CC. The first-order valence-electron chi connectivity index (χ1n) is 8.22. The van der Waals surface area contributed by atoms with Crippen LogP contribution in [0.4, 0.5) is 11.6 Å². The van der Waals surface area contributed by atoms with Gasteiger partial charge in [-0.25, -0.2) is 9.97 Å². The van der Waals surface area contributed by atoms with Crippen LogP contribution in [-0.2, 0) is 6.42 Å². The normalized spacial score (nSPS) is 17.5. The first kappa shape index (κ1) is 16.0. The Kier molecular flexibility index (Phi) is 5.79. The third-order valence-electron chi connectivity index (χ3n) is 4.21. The zero-order valence-corrected chi connectivity index (χ0v) is 13.3. The molecule has 1 aliphatic carbocycles. The van der Waals surface area contributed by atoms with Crippen molar-refractivity contribution in [3.8, 4) is 0 Å². The molecule has 0 aromatic carbocycles. The van der Waals surface area contributed by atoms with Gasteiger partial charge >= 0.3 is 0 Å². The van der Waals surface area contributed by atoms with E-state index >= 15 is 0 Å². The summed E-state index contributed by atoms with van der Waals surface area (Å²) < 4.78 is 0. The van der Waals surface area contributed by atoms with Gasteiger partial charge in [-0.2, -0.15) is 0 Å². The minimum atomic E-state index is -0.578. The lowest BCUT2D eigenvalue weighted by Gasteiger charge is -2.32. The molecular weight excluding hydrogens is 264 g/mol. The van der Waals surface area contributed by atoms with Gasteiger partial charge in [0.25, 0.3) is 0 Å². The quantitative estimate of drug-likeness (QED) is 0.721. The predicted molar refractivity (Wildman–Crippen MR) is 86.7 cm³/mol. The fourth-order valence-electron chi connectivity index (χ4n) is 2.93. The molecule has 0 radical (unpaired) electrons. The van der Waals surface area contributed by atoms with Gasteiger partial charge in [-0.1, -0.05) is 33.1 Å². The second kappa shape index (κ2) is 7.59. The Bertz CT molecular complexity index is 444. The number of aliphatic hydroxyl groups is 1. The number of hydrogen-bond acceptors (Lipinski definition) is 5. The molecule has 0 saturated heterocycles. The second-order valence-corrected chi connectivity index (χ2v) is 5.97. The van der Waals surface area contributed by atoms with E-state index in [9.17, 15) is 5.11 Å². The van der Waals surface area contributed by atoms with Gasteiger partial charge in [0, 0.05) is 18.7 Å². The van der Waals surface area contributed by atoms with Crippen LogP contribution >= 0.6 is 0 Å². The van der Waals surface area contributed by atoms with E-state index < -0.39 is 5.60 Å². The summed E-state index contributed by atoms with van der Waals surface area (Å²) in [6.45, 7) is 5.73. The molecule has 5 heteroatoms. The average molecular weight is 292 g/mol. The van der Waals surface area contributed by atoms with Crippen molar-refractivity contribution in [2.75, 3.05) is 23.7 Å². The minimum Gasteiger partial charge on any atom is -0.388 e. The number of hydrogen-bond donors (Lipinski definition) is 3. The molecule has 0 aliphatic heterocycles. The number of rotatable bonds is 7. The monoisotopic (exact) mass is 292 g/mol. The lowest BCUT2D eigenvalue weighted by atomic mass is 9.85. The molecule has 118 valence electrons. The molecule has 1 heterocycles. The van der Waals surface area contributed by atoms with Crippen LogP contribution in [0, 0.1) is 0 Å². The summed E-state index contributed by atoms with van der Waals surface area (Å²) in [5.74, 6) is 1.76. The minimum absolute atomic E-state index is 0.574. The molecule has 0 amide bonds. The van der Waals surface area contributed by atoms with E-state index in [-0.39, 0.29) is 0 Å². The average Bonchev–Trinajstić information content (AvgIpc) is 2.51. The first-order valence-corrected chi connectivity index (χ1v) is 8.22. The van der Waals surface area contributed by atoms with Crippen molar-refractivity contribution in [1.82, 2.24) is 9.97 Å². The second-order valence-electron chi connectivity index (χ2n) is 5.97. The lowest BCUT2D eigenvalue weighted by Crippen LogP contribution is -2.39. The molecule has 0 bridgehead atoms. The van der Waals surface area contributed by atoms with Crippen molar-refractivity contribution in [3.63, 3.8) is 0 Å². The maximum atomic E-state index is 10.6. The van der Waals surface area contributed by atoms with Crippen LogP contribution in [0.3, 0.4) is 0 Å². The van der Waals surface area contributed by atoms with Gasteiger partial charge in [0.05, 0.1) is 5.60 Å². The van der Waals surface area contributed by atoms with E-state index in [2.05, 4.69) is 34.4 Å². The zero-order valence-electron chi connectivity index (χ0n) is 13.3. The molecule has 5 nitrogen and oxygen atoms in total. The number of aromatic nitrogens is 2. The molecule has 3 N–H and O–H groups in total. The van der Waals surface area contributed by atoms with Gasteiger partial charge in [-0.05, 0) is 25.7 Å². The summed E-state index contributed by atoms with van der Waals surface area (Å²) in [4.78, 5) is 8.70. The maximum Gasteiger partial charge on any atom is 0.134 e. The molecule has 2 rings (SSSR count). The van der Waals surface area contributed by atoms with Crippen molar-refractivity contribution in [2.45, 2.75) is 64.4 Å². The fraction of sp³-hybridized carbons (Fsp3) is 0.750. The molecule has 1 fully saturated rings. The van der Waals surface area contributed by atoms with Crippen LogP contribution in [0.25, 0.3) is 0 Å². The van der Waals surface area contributed by atoms with E-state index in [1.165, 1.54) is 6.42 Å². The highest BCUT2D eigenvalue weighted by molar-refractivity contribution is 5.57. The molecule has 1 aromatic heterocycles. The molecule has 1 aromatic rings. The van der Waals surface area contributed by atoms with E-state index in [1.54, 1.807) is 6.33 Å². The van der Waals surface area contributed by atoms with E-state index in [0.29, 0.717) is 6.54 Å². The van der Waals surface area contributed by atoms with Crippen LogP contribution in [0.15, 0.2) is 6.33 Å². The largest absolute Gasteiger partial charge is 0.388 e. The number of nitrogens with zero attached hydrogens (tertiary/aromatic N) is 2. The Labute approximate surface area is 127 Å². The standard InChI is InChI=1S/C16H28N4O/c1-3-10-17-14-13(4-2)15(20-12-19-14)18-11-16(21)8-6-5-7-9-16/h12,21H,3-11H2,1-2H3,(H2,17,18,19,20). The van der Waals surface area contributed by atoms with E-state index in [1.807, 2.05) is 0 Å². The lowest BCUT2D eigenvalue weighted by molar-refractivity contribution is 0.0166. The molecule has 1 aliphatic rings. The van der Waals surface area contributed by atoms with Gasteiger partial charge in [0.1, 0.15) is 18.0 Å². The van der Waals surface area contributed by atoms with Crippen molar-refractivity contribution >= 4 is 11.6 Å². The van der Waals surface area contributed by atoms with Gasteiger partial charge in [-0.15, -0.1) is 0 Å². The third kappa shape index (κ3) is 4.30. The third-order valence-corrected chi connectivity index (χ3v) is 4.21. The molecule has 1 saturated carbocycles. The topological polar surface area (TPSA) is 70.1 Å². The summed E-state index contributed by atoms with van der Waals surface area (Å²) in [7, 11) is 0. The maximum absolute atomic E-state index is 10.6. The van der Waals surface area contributed by atoms with E-state index in [4.69, 9.17) is 0 Å². The highest BCUT2D eigenvalue weighted by atomic mass is 16.3. The Morgan fingerprint density at radius 1 is 1.10 bits per heavy atom. The van der Waals surface area contributed by atoms with Crippen LogP contribution in [0.1, 0.15) is 57.9 Å². The highest BCUT2D eigenvalue weighted by Gasteiger charge is 2.29. The van der Waals surface area contributed by atoms with Crippen LogP contribution in [0.5, 0.6) is 0 Å². The Hall–Kier alpha value is -1.36. The van der Waals surface area contributed by atoms with Gasteiger partial charge < -0.3 is 15.7 Å². The Morgan fingerprint density at radius 3 is 2.38 bits per heavy atom. The smallest absolute Gasteiger partial charge is 0.134 e. The molecule has 0 spiro atoms. The van der Waals surface area contributed by atoms with E-state index in [0.717, 1.165) is 62.3 Å².